The molecular weight excluding hydrogens is 280 g/mol. The van der Waals surface area contributed by atoms with E-state index >= 15 is 0 Å². The largest absolute Gasteiger partial charge is 0.480 e. The molecule has 2 rings (SSSR count). The van der Waals surface area contributed by atoms with E-state index in [0.717, 1.165) is 25.9 Å². The van der Waals surface area contributed by atoms with Crippen LogP contribution in [0.1, 0.15) is 59.3 Å². The highest BCUT2D eigenvalue weighted by Gasteiger charge is 2.42. The minimum Gasteiger partial charge on any atom is -0.480 e. The van der Waals surface area contributed by atoms with Crippen molar-refractivity contribution in [3.8, 4) is 0 Å². The summed E-state index contributed by atoms with van der Waals surface area (Å²) in [6.45, 7) is 8.50. The molecule has 0 aliphatic carbocycles. The Labute approximate surface area is 133 Å². The van der Waals surface area contributed by atoms with E-state index in [0.29, 0.717) is 19.0 Å². The number of piperidine rings is 1. The van der Waals surface area contributed by atoms with E-state index in [1.807, 2.05) is 13.8 Å². The number of likely N-dealkylation sites (tertiary alicyclic amines) is 2. The fourth-order valence-electron chi connectivity index (χ4n) is 3.96. The van der Waals surface area contributed by atoms with Gasteiger partial charge in [-0.3, -0.25) is 9.69 Å². The van der Waals surface area contributed by atoms with Gasteiger partial charge in [0.25, 0.3) is 0 Å². The lowest BCUT2D eigenvalue weighted by Gasteiger charge is -2.41. The molecule has 5 heteroatoms. The van der Waals surface area contributed by atoms with Crippen molar-refractivity contribution in [2.75, 3.05) is 19.6 Å². The second-order valence-corrected chi connectivity index (χ2v) is 7.41. The number of nitrogens with zero attached hydrogens (tertiary/aromatic N) is 2. The van der Waals surface area contributed by atoms with Gasteiger partial charge in [-0.1, -0.05) is 13.3 Å². The molecule has 2 aliphatic heterocycles. The minimum absolute atomic E-state index is 0.00201. The molecular formula is C17H30N2O3. The summed E-state index contributed by atoms with van der Waals surface area (Å²) in [5, 5.41) is 9.30. The summed E-state index contributed by atoms with van der Waals surface area (Å²) < 4.78 is 0. The number of hydrogen-bond donors (Lipinski definition) is 1. The Balaban J connectivity index is 2.05. The predicted octanol–water partition coefficient (Wildman–Crippen LogP) is 2.35. The number of hydrogen-bond acceptors (Lipinski definition) is 3. The fourth-order valence-corrected chi connectivity index (χ4v) is 3.96. The molecule has 2 heterocycles. The third-order valence-electron chi connectivity index (χ3n) is 5.20. The van der Waals surface area contributed by atoms with Crippen LogP contribution in [0.25, 0.3) is 0 Å². The van der Waals surface area contributed by atoms with E-state index < -0.39 is 17.4 Å². The SMILES string of the molecule is CCC1CCCCN1CC(C)(C)C(=O)N1CCCC1C(=O)O. The smallest absolute Gasteiger partial charge is 0.326 e. The zero-order chi connectivity index (χ0) is 16.3. The van der Waals surface area contributed by atoms with Gasteiger partial charge in [-0.2, -0.15) is 0 Å². The summed E-state index contributed by atoms with van der Waals surface area (Å²) in [5.41, 5.74) is -0.525. The third kappa shape index (κ3) is 3.62. The molecule has 0 saturated carbocycles. The Kier molecular flexibility index (Phi) is 5.48. The standard InChI is InChI=1S/C17H30N2O3/c1-4-13-8-5-6-10-18(13)12-17(2,3)16(22)19-11-7-9-14(19)15(20)21/h13-14H,4-12H2,1-3H3,(H,20,21). The number of aliphatic carboxylic acids is 1. The molecule has 0 aromatic heterocycles. The van der Waals surface area contributed by atoms with E-state index in [1.54, 1.807) is 4.90 Å². The van der Waals surface area contributed by atoms with Crippen molar-refractivity contribution in [3.05, 3.63) is 0 Å². The maximum absolute atomic E-state index is 12.9. The molecule has 2 unspecified atom stereocenters. The van der Waals surface area contributed by atoms with Crippen molar-refractivity contribution in [2.45, 2.75) is 71.4 Å². The van der Waals surface area contributed by atoms with Crippen LogP contribution in [0.15, 0.2) is 0 Å². The second-order valence-electron chi connectivity index (χ2n) is 7.41. The Morgan fingerprint density at radius 2 is 1.86 bits per heavy atom. The highest BCUT2D eigenvalue weighted by atomic mass is 16.4. The maximum atomic E-state index is 12.9. The molecule has 0 aromatic rings. The quantitative estimate of drug-likeness (QED) is 0.847. The maximum Gasteiger partial charge on any atom is 0.326 e. The molecule has 1 amide bonds. The van der Waals surface area contributed by atoms with Crippen molar-refractivity contribution in [3.63, 3.8) is 0 Å². The highest BCUT2D eigenvalue weighted by molar-refractivity contribution is 5.87. The Morgan fingerprint density at radius 1 is 1.14 bits per heavy atom. The first-order valence-corrected chi connectivity index (χ1v) is 8.64. The summed E-state index contributed by atoms with van der Waals surface area (Å²) in [6, 6.07) is -0.0650. The van der Waals surface area contributed by atoms with Gasteiger partial charge >= 0.3 is 5.97 Å². The molecule has 0 aromatic carbocycles. The van der Waals surface area contributed by atoms with E-state index in [4.69, 9.17) is 0 Å². The lowest BCUT2D eigenvalue weighted by atomic mass is 9.88. The van der Waals surface area contributed by atoms with Gasteiger partial charge in [0.2, 0.25) is 5.91 Å². The van der Waals surface area contributed by atoms with Crippen LogP contribution in [0.3, 0.4) is 0 Å². The van der Waals surface area contributed by atoms with Gasteiger partial charge in [0.1, 0.15) is 6.04 Å². The van der Waals surface area contributed by atoms with Crippen molar-refractivity contribution >= 4 is 11.9 Å². The van der Waals surface area contributed by atoms with E-state index in [1.165, 1.54) is 19.3 Å². The van der Waals surface area contributed by atoms with Crippen LogP contribution in [0.4, 0.5) is 0 Å². The van der Waals surface area contributed by atoms with Gasteiger partial charge in [-0.15, -0.1) is 0 Å². The van der Waals surface area contributed by atoms with Gasteiger partial charge < -0.3 is 10.0 Å². The normalized spacial score (nSPS) is 27.1. The molecule has 0 spiro atoms. The summed E-state index contributed by atoms with van der Waals surface area (Å²) in [6.07, 6.45) is 6.17. The van der Waals surface area contributed by atoms with Crippen LogP contribution in [-0.4, -0.2) is 58.5 Å². The van der Waals surface area contributed by atoms with Crippen molar-refractivity contribution in [1.29, 1.82) is 0 Å². The average Bonchev–Trinajstić information content (AvgIpc) is 2.96. The zero-order valence-corrected chi connectivity index (χ0v) is 14.2. The van der Waals surface area contributed by atoms with Crippen LogP contribution in [0.5, 0.6) is 0 Å². The Bertz CT molecular complexity index is 422. The van der Waals surface area contributed by atoms with E-state index in [-0.39, 0.29) is 5.91 Å². The molecule has 2 saturated heterocycles. The number of amides is 1. The average molecular weight is 310 g/mol. The van der Waals surface area contributed by atoms with Gasteiger partial charge in [-0.25, -0.2) is 4.79 Å². The van der Waals surface area contributed by atoms with Crippen molar-refractivity contribution < 1.29 is 14.7 Å². The van der Waals surface area contributed by atoms with Crippen LogP contribution < -0.4 is 0 Å². The van der Waals surface area contributed by atoms with Gasteiger partial charge in [-0.05, 0) is 52.5 Å². The van der Waals surface area contributed by atoms with Crippen LogP contribution in [0, 0.1) is 5.41 Å². The van der Waals surface area contributed by atoms with E-state index in [2.05, 4.69) is 11.8 Å². The second kappa shape index (κ2) is 6.99. The number of carboxylic acid groups (broad SMARTS) is 1. The summed E-state index contributed by atoms with van der Waals surface area (Å²) in [7, 11) is 0. The van der Waals surface area contributed by atoms with E-state index in [9.17, 15) is 14.7 Å². The molecule has 2 aliphatic rings. The molecule has 2 fully saturated rings. The van der Waals surface area contributed by atoms with Gasteiger partial charge in [0.15, 0.2) is 0 Å². The molecule has 22 heavy (non-hydrogen) atoms. The summed E-state index contributed by atoms with van der Waals surface area (Å²) in [4.78, 5) is 28.2. The lowest BCUT2D eigenvalue weighted by Crippen LogP contribution is -2.52. The number of carbonyl (C=O) groups is 2. The molecule has 1 N–H and O–H groups in total. The first kappa shape index (κ1) is 17.3. The fraction of sp³-hybridized carbons (Fsp3) is 0.882. The molecule has 5 nitrogen and oxygen atoms in total. The molecule has 2 atom stereocenters. The molecule has 0 radical (unpaired) electrons. The summed E-state index contributed by atoms with van der Waals surface area (Å²) in [5.74, 6) is -0.871. The molecule has 0 bridgehead atoms. The van der Waals surface area contributed by atoms with Gasteiger partial charge in [0, 0.05) is 19.1 Å². The minimum atomic E-state index is -0.869. The Morgan fingerprint density at radius 3 is 2.50 bits per heavy atom. The number of carbonyl (C=O) groups excluding carboxylic acids is 1. The monoisotopic (exact) mass is 310 g/mol. The van der Waals surface area contributed by atoms with Crippen LogP contribution in [0.2, 0.25) is 0 Å². The first-order chi connectivity index (χ1) is 10.4. The zero-order valence-electron chi connectivity index (χ0n) is 14.2. The number of rotatable bonds is 5. The predicted molar refractivity (Wildman–Crippen MR) is 85.7 cm³/mol. The lowest BCUT2D eigenvalue weighted by molar-refractivity contribution is -0.153. The molecule has 126 valence electrons. The highest BCUT2D eigenvalue weighted by Crippen LogP contribution is 2.30. The van der Waals surface area contributed by atoms with Gasteiger partial charge in [0.05, 0.1) is 5.41 Å². The van der Waals surface area contributed by atoms with Crippen LogP contribution in [-0.2, 0) is 9.59 Å². The summed E-state index contributed by atoms with van der Waals surface area (Å²) >= 11 is 0. The van der Waals surface area contributed by atoms with Crippen LogP contribution >= 0.6 is 0 Å². The third-order valence-corrected chi connectivity index (χ3v) is 5.20. The van der Waals surface area contributed by atoms with Crippen molar-refractivity contribution in [2.24, 2.45) is 5.41 Å². The first-order valence-electron chi connectivity index (χ1n) is 8.64. The topological polar surface area (TPSA) is 60.9 Å². The number of carboxylic acids is 1. The Hall–Kier alpha value is -1.10. The van der Waals surface area contributed by atoms with Crippen molar-refractivity contribution in [1.82, 2.24) is 9.80 Å².